The third-order valence-corrected chi connectivity index (χ3v) is 3.18. The first-order valence-corrected chi connectivity index (χ1v) is 6.75. The predicted molar refractivity (Wildman–Crippen MR) is 57.7 cm³/mol. The van der Waals surface area contributed by atoms with Crippen LogP contribution >= 0.6 is 0 Å². The van der Waals surface area contributed by atoms with Crippen LogP contribution in [0, 0.1) is 0 Å². The topological polar surface area (TPSA) is 85.3 Å². The van der Waals surface area contributed by atoms with E-state index in [0.29, 0.717) is 12.8 Å². The van der Waals surface area contributed by atoms with Crippen molar-refractivity contribution in [1.82, 2.24) is 5.43 Å². The first kappa shape index (κ1) is 12.2. The van der Waals surface area contributed by atoms with Crippen LogP contribution in [0.1, 0.15) is 24.4 Å². The van der Waals surface area contributed by atoms with Gasteiger partial charge < -0.3 is 4.42 Å². The molecule has 0 saturated carbocycles. The average Bonchev–Trinajstić information content (AvgIpc) is 2.63. The maximum atomic E-state index is 10.9. The molecule has 0 spiro atoms. The summed E-state index contributed by atoms with van der Waals surface area (Å²) < 4.78 is 26.8. The number of hydrogen-bond donors (Lipinski definition) is 2. The van der Waals surface area contributed by atoms with Gasteiger partial charge in [-0.1, -0.05) is 0 Å². The van der Waals surface area contributed by atoms with Crippen LogP contribution in [0.3, 0.4) is 0 Å². The van der Waals surface area contributed by atoms with Crippen molar-refractivity contribution < 1.29 is 12.8 Å². The van der Waals surface area contributed by atoms with E-state index >= 15 is 0 Å². The molecule has 0 aromatic carbocycles. The summed E-state index contributed by atoms with van der Waals surface area (Å²) in [6.07, 6.45) is 5.65. The Morgan fingerprint density at radius 1 is 1.60 bits per heavy atom. The summed E-state index contributed by atoms with van der Waals surface area (Å²) in [5.41, 5.74) is 3.57. The van der Waals surface area contributed by atoms with Crippen LogP contribution in [-0.4, -0.2) is 20.4 Å². The summed E-state index contributed by atoms with van der Waals surface area (Å²) in [6, 6.07) is 1.76. The fourth-order valence-corrected chi connectivity index (χ4v) is 2.06. The SMILES string of the molecule is CS(=O)(=O)CCCC(NN)c1ccoc1. The van der Waals surface area contributed by atoms with Gasteiger partial charge in [-0.15, -0.1) is 0 Å². The lowest BCUT2D eigenvalue weighted by Gasteiger charge is -2.13. The zero-order valence-corrected chi connectivity index (χ0v) is 9.46. The van der Waals surface area contributed by atoms with Gasteiger partial charge >= 0.3 is 0 Å². The van der Waals surface area contributed by atoms with Gasteiger partial charge in [-0.3, -0.25) is 11.3 Å². The van der Waals surface area contributed by atoms with E-state index in [4.69, 9.17) is 10.3 Å². The van der Waals surface area contributed by atoms with Crippen molar-refractivity contribution in [3.05, 3.63) is 24.2 Å². The minimum atomic E-state index is -2.89. The second-order valence-electron chi connectivity index (χ2n) is 3.55. The quantitative estimate of drug-likeness (QED) is 0.554. The van der Waals surface area contributed by atoms with Crippen LogP contribution in [-0.2, 0) is 9.84 Å². The van der Waals surface area contributed by atoms with E-state index in [9.17, 15) is 8.42 Å². The van der Waals surface area contributed by atoms with Crippen LogP contribution in [0.15, 0.2) is 23.0 Å². The molecule has 0 bridgehead atoms. The maximum Gasteiger partial charge on any atom is 0.147 e. The van der Waals surface area contributed by atoms with Crippen molar-refractivity contribution in [3.63, 3.8) is 0 Å². The Morgan fingerprint density at radius 3 is 2.80 bits per heavy atom. The fraction of sp³-hybridized carbons (Fsp3) is 0.556. The molecule has 1 heterocycles. The number of rotatable bonds is 6. The van der Waals surface area contributed by atoms with Gasteiger partial charge in [-0.05, 0) is 18.9 Å². The van der Waals surface area contributed by atoms with E-state index in [1.165, 1.54) is 6.26 Å². The number of sulfone groups is 1. The maximum absolute atomic E-state index is 10.9. The standard InChI is InChI=1S/C9H16N2O3S/c1-15(12,13)6-2-3-9(11-10)8-4-5-14-7-8/h4-5,7,9,11H,2-3,6,10H2,1H3. The molecule has 15 heavy (non-hydrogen) atoms. The summed E-state index contributed by atoms with van der Waals surface area (Å²) >= 11 is 0. The number of furan rings is 1. The van der Waals surface area contributed by atoms with Gasteiger partial charge in [0.25, 0.3) is 0 Å². The molecular weight excluding hydrogens is 216 g/mol. The molecule has 0 aliphatic carbocycles. The summed E-state index contributed by atoms with van der Waals surface area (Å²) in [4.78, 5) is 0. The van der Waals surface area contributed by atoms with E-state index in [0.717, 1.165) is 5.56 Å². The van der Waals surface area contributed by atoms with Crippen LogP contribution < -0.4 is 11.3 Å². The van der Waals surface area contributed by atoms with E-state index in [1.807, 2.05) is 6.07 Å². The van der Waals surface area contributed by atoms with E-state index in [2.05, 4.69) is 5.43 Å². The van der Waals surface area contributed by atoms with Crippen molar-refractivity contribution in [2.24, 2.45) is 5.84 Å². The van der Waals surface area contributed by atoms with Gasteiger partial charge in [-0.25, -0.2) is 8.42 Å². The zero-order valence-electron chi connectivity index (χ0n) is 8.64. The Balaban J connectivity index is 2.42. The highest BCUT2D eigenvalue weighted by molar-refractivity contribution is 7.90. The van der Waals surface area contributed by atoms with Crippen LogP contribution in [0.5, 0.6) is 0 Å². The molecule has 0 radical (unpaired) electrons. The van der Waals surface area contributed by atoms with Gasteiger partial charge in [0.1, 0.15) is 9.84 Å². The number of hydrogen-bond acceptors (Lipinski definition) is 5. The molecule has 1 aromatic heterocycles. The van der Waals surface area contributed by atoms with Gasteiger partial charge in [0.05, 0.1) is 12.5 Å². The highest BCUT2D eigenvalue weighted by Crippen LogP contribution is 2.18. The Morgan fingerprint density at radius 2 is 2.33 bits per heavy atom. The fourth-order valence-electron chi connectivity index (χ4n) is 1.37. The van der Waals surface area contributed by atoms with Gasteiger partial charge in [0, 0.05) is 23.6 Å². The van der Waals surface area contributed by atoms with Crippen molar-refractivity contribution in [2.45, 2.75) is 18.9 Å². The Labute approximate surface area is 89.5 Å². The van der Waals surface area contributed by atoms with E-state index < -0.39 is 9.84 Å². The number of nitrogens with two attached hydrogens (primary N) is 1. The van der Waals surface area contributed by atoms with Gasteiger partial charge in [-0.2, -0.15) is 0 Å². The molecule has 1 unspecified atom stereocenters. The molecule has 0 fully saturated rings. The molecule has 5 nitrogen and oxygen atoms in total. The highest BCUT2D eigenvalue weighted by Gasteiger charge is 2.11. The normalized spacial score (nSPS) is 14.0. The Hall–Kier alpha value is -0.850. The number of nitrogens with one attached hydrogen (secondary N) is 1. The van der Waals surface area contributed by atoms with E-state index in [-0.39, 0.29) is 11.8 Å². The summed E-state index contributed by atoms with van der Waals surface area (Å²) in [7, 11) is -2.89. The van der Waals surface area contributed by atoms with Gasteiger partial charge in [0.2, 0.25) is 0 Å². The lowest BCUT2D eigenvalue weighted by Crippen LogP contribution is -2.28. The third-order valence-electron chi connectivity index (χ3n) is 2.15. The summed E-state index contributed by atoms with van der Waals surface area (Å²) in [6.45, 7) is 0. The number of hydrazine groups is 1. The van der Waals surface area contributed by atoms with Crippen LogP contribution in [0.4, 0.5) is 0 Å². The molecule has 0 aliphatic rings. The van der Waals surface area contributed by atoms with Crippen LogP contribution in [0.25, 0.3) is 0 Å². The molecule has 0 saturated heterocycles. The Kier molecular flexibility index (Phi) is 4.31. The summed E-state index contributed by atoms with van der Waals surface area (Å²) in [5, 5.41) is 0. The predicted octanol–water partition coefficient (Wildman–Crippen LogP) is 0.609. The third kappa shape index (κ3) is 4.46. The highest BCUT2D eigenvalue weighted by atomic mass is 32.2. The molecule has 1 rings (SSSR count). The average molecular weight is 232 g/mol. The zero-order chi connectivity index (χ0) is 11.3. The lowest BCUT2D eigenvalue weighted by atomic mass is 10.1. The Bertz CT molecular complexity index is 372. The van der Waals surface area contributed by atoms with E-state index in [1.54, 1.807) is 12.5 Å². The second kappa shape index (κ2) is 5.29. The van der Waals surface area contributed by atoms with Crippen molar-refractivity contribution in [1.29, 1.82) is 0 Å². The van der Waals surface area contributed by atoms with Crippen molar-refractivity contribution in [3.8, 4) is 0 Å². The lowest BCUT2D eigenvalue weighted by molar-refractivity contribution is 0.495. The second-order valence-corrected chi connectivity index (χ2v) is 5.81. The molecule has 0 amide bonds. The minimum Gasteiger partial charge on any atom is -0.472 e. The molecule has 0 aliphatic heterocycles. The van der Waals surface area contributed by atoms with Crippen LogP contribution in [0.2, 0.25) is 0 Å². The molecule has 3 N–H and O–H groups in total. The largest absolute Gasteiger partial charge is 0.472 e. The van der Waals surface area contributed by atoms with Crippen molar-refractivity contribution >= 4 is 9.84 Å². The first-order chi connectivity index (χ1) is 7.03. The minimum absolute atomic E-state index is 0.0505. The monoisotopic (exact) mass is 232 g/mol. The van der Waals surface area contributed by atoms with Gasteiger partial charge in [0.15, 0.2) is 0 Å². The molecule has 1 aromatic rings. The first-order valence-electron chi connectivity index (χ1n) is 4.69. The molecular formula is C9H16N2O3S. The molecule has 86 valence electrons. The molecule has 6 heteroatoms. The van der Waals surface area contributed by atoms with Crippen molar-refractivity contribution in [2.75, 3.05) is 12.0 Å². The molecule has 1 atom stereocenters. The smallest absolute Gasteiger partial charge is 0.147 e. The summed E-state index contributed by atoms with van der Waals surface area (Å²) in [5.74, 6) is 5.56.